The first-order valence-electron chi connectivity index (χ1n) is 12.5. The molecule has 6 rings (SSSR count). The van der Waals surface area contributed by atoms with Crippen molar-refractivity contribution in [1.82, 2.24) is 0 Å². The largest absolute Gasteiger partial charge is 0.0622 e. The highest BCUT2D eigenvalue weighted by atomic mass is 79.9. The summed E-state index contributed by atoms with van der Waals surface area (Å²) in [5.74, 6) is 0. The molecule has 0 radical (unpaired) electrons. The molecule has 0 bridgehead atoms. The summed E-state index contributed by atoms with van der Waals surface area (Å²) in [4.78, 5) is 0. The quantitative estimate of drug-likeness (QED) is 0.192. The second-order valence-electron chi connectivity index (χ2n) is 9.24. The molecule has 0 unspecified atom stereocenters. The molecule has 1 heteroatoms. The highest BCUT2D eigenvalue weighted by Crippen LogP contribution is 2.28. The van der Waals surface area contributed by atoms with Gasteiger partial charge in [-0.2, -0.15) is 0 Å². The lowest BCUT2D eigenvalue weighted by Gasteiger charge is -2.10. The highest BCUT2D eigenvalue weighted by molar-refractivity contribution is 9.10. The second-order valence-corrected chi connectivity index (χ2v) is 10.2. The Morgan fingerprint density at radius 2 is 0.865 bits per heavy atom. The topological polar surface area (TPSA) is 0 Å². The van der Waals surface area contributed by atoms with Crippen molar-refractivity contribution in [3.05, 3.63) is 166 Å². The molecule has 0 atom stereocenters. The molecule has 0 fully saturated rings. The lowest BCUT2D eigenvalue weighted by Crippen LogP contribution is -1.88. The fraction of sp³-hybridized carbons (Fsp3) is 0. The van der Waals surface area contributed by atoms with Crippen molar-refractivity contribution in [2.45, 2.75) is 0 Å². The summed E-state index contributed by atoms with van der Waals surface area (Å²) in [5.41, 5.74) is 7.25. The lowest BCUT2D eigenvalue weighted by molar-refractivity contribution is 1.55. The van der Waals surface area contributed by atoms with E-state index in [2.05, 4.69) is 168 Å². The van der Waals surface area contributed by atoms with Gasteiger partial charge in [-0.1, -0.05) is 131 Å². The van der Waals surface area contributed by atoms with E-state index in [1.807, 2.05) is 0 Å². The zero-order valence-electron chi connectivity index (χ0n) is 20.3. The summed E-state index contributed by atoms with van der Waals surface area (Å²) in [5, 5.41) is 4.96. The number of hydrogen-bond acceptors (Lipinski definition) is 0. The number of halogens is 1. The van der Waals surface area contributed by atoms with Crippen molar-refractivity contribution in [2.24, 2.45) is 0 Å². The van der Waals surface area contributed by atoms with Crippen molar-refractivity contribution in [3.63, 3.8) is 0 Å². The normalized spacial score (nSPS) is 11.3. The molecular weight excluding hydrogens is 512 g/mol. The van der Waals surface area contributed by atoms with Gasteiger partial charge in [0.1, 0.15) is 0 Å². The summed E-state index contributed by atoms with van der Waals surface area (Å²) in [6, 6.07) is 47.5. The Hall–Kier alpha value is -4.20. The average molecular weight is 538 g/mol. The van der Waals surface area contributed by atoms with Crippen molar-refractivity contribution >= 4 is 61.3 Å². The van der Waals surface area contributed by atoms with E-state index in [1.165, 1.54) is 54.9 Å². The SMILES string of the molecule is Brc1ccc2cc(C=Cc3ccc4cc(C=C(c5ccccc5)c5ccccc5)ccc4c3)ccc2c1. The lowest BCUT2D eigenvalue weighted by atomic mass is 9.95. The molecule has 176 valence electrons. The summed E-state index contributed by atoms with van der Waals surface area (Å²) in [6.07, 6.45) is 6.66. The molecule has 6 aromatic rings. The van der Waals surface area contributed by atoms with Gasteiger partial charge in [0.25, 0.3) is 0 Å². The van der Waals surface area contributed by atoms with E-state index in [-0.39, 0.29) is 0 Å². The Balaban J connectivity index is 1.30. The van der Waals surface area contributed by atoms with Gasteiger partial charge in [0, 0.05) is 4.47 Å². The molecule has 6 aromatic carbocycles. The number of fused-ring (bicyclic) bond motifs is 2. The maximum Gasteiger partial charge on any atom is 0.0181 e. The van der Waals surface area contributed by atoms with Crippen LogP contribution >= 0.6 is 15.9 Å². The minimum absolute atomic E-state index is 1.11. The van der Waals surface area contributed by atoms with Gasteiger partial charge >= 0.3 is 0 Å². The number of rotatable bonds is 5. The predicted molar refractivity (Wildman–Crippen MR) is 164 cm³/mol. The zero-order chi connectivity index (χ0) is 25.0. The fourth-order valence-corrected chi connectivity index (χ4v) is 5.12. The van der Waals surface area contributed by atoms with Gasteiger partial charge in [0.15, 0.2) is 0 Å². The molecule has 0 saturated carbocycles. The first-order chi connectivity index (χ1) is 18.2. The van der Waals surface area contributed by atoms with Crippen LogP contribution < -0.4 is 0 Å². The molecule has 0 spiro atoms. The van der Waals surface area contributed by atoms with Crippen LogP contribution in [0.1, 0.15) is 27.8 Å². The van der Waals surface area contributed by atoms with Crippen LogP contribution in [0.3, 0.4) is 0 Å². The standard InChI is InChI=1S/C36H25Br/c37-35-20-19-33-22-27(14-17-34(33)25-35)12-11-26-13-16-32-23-28(15-18-31(32)21-26)24-36(29-7-3-1-4-8-29)30-9-5-2-6-10-30/h1-25H. The van der Waals surface area contributed by atoms with Gasteiger partial charge in [-0.05, 0) is 91.3 Å². The molecule has 0 N–H and O–H groups in total. The average Bonchev–Trinajstić information content (AvgIpc) is 2.95. The molecular formula is C36H25Br. The Bertz CT molecular complexity index is 1720. The first kappa shape index (κ1) is 23.2. The third-order valence-corrected chi connectivity index (χ3v) is 7.16. The van der Waals surface area contributed by atoms with Crippen molar-refractivity contribution in [1.29, 1.82) is 0 Å². The highest BCUT2D eigenvalue weighted by Gasteiger charge is 2.05. The molecule has 0 aliphatic carbocycles. The Kier molecular flexibility index (Phi) is 6.54. The monoisotopic (exact) mass is 536 g/mol. The number of benzene rings is 6. The second kappa shape index (κ2) is 10.4. The minimum atomic E-state index is 1.11. The summed E-state index contributed by atoms with van der Waals surface area (Å²) >= 11 is 3.55. The smallest absolute Gasteiger partial charge is 0.0181 e. The van der Waals surface area contributed by atoms with Crippen LogP contribution in [-0.4, -0.2) is 0 Å². The zero-order valence-corrected chi connectivity index (χ0v) is 21.9. The van der Waals surface area contributed by atoms with E-state index >= 15 is 0 Å². The Labute approximate surface area is 226 Å². The summed E-state index contributed by atoms with van der Waals surface area (Å²) in [6.45, 7) is 0. The van der Waals surface area contributed by atoms with Gasteiger partial charge in [0.05, 0.1) is 0 Å². The van der Waals surface area contributed by atoms with E-state index < -0.39 is 0 Å². The van der Waals surface area contributed by atoms with Crippen LogP contribution in [-0.2, 0) is 0 Å². The van der Waals surface area contributed by atoms with Crippen molar-refractivity contribution in [2.75, 3.05) is 0 Å². The van der Waals surface area contributed by atoms with Crippen LogP contribution in [0.25, 0.3) is 45.3 Å². The van der Waals surface area contributed by atoms with E-state index in [4.69, 9.17) is 0 Å². The summed E-state index contributed by atoms with van der Waals surface area (Å²) < 4.78 is 1.11. The van der Waals surface area contributed by atoms with E-state index in [9.17, 15) is 0 Å². The van der Waals surface area contributed by atoms with Crippen LogP contribution in [0.4, 0.5) is 0 Å². The van der Waals surface area contributed by atoms with Crippen LogP contribution in [0.5, 0.6) is 0 Å². The molecule has 0 saturated heterocycles. The molecule has 0 aromatic heterocycles. The maximum atomic E-state index is 3.55. The first-order valence-corrected chi connectivity index (χ1v) is 13.2. The minimum Gasteiger partial charge on any atom is -0.0622 e. The van der Waals surface area contributed by atoms with E-state index in [1.54, 1.807) is 0 Å². The Morgan fingerprint density at radius 1 is 0.432 bits per heavy atom. The molecule has 0 heterocycles. The molecule has 0 amide bonds. The van der Waals surface area contributed by atoms with Crippen molar-refractivity contribution < 1.29 is 0 Å². The van der Waals surface area contributed by atoms with Gasteiger partial charge in [-0.3, -0.25) is 0 Å². The Morgan fingerprint density at radius 3 is 1.41 bits per heavy atom. The third kappa shape index (κ3) is 5.33. The molecule has 0 nitrogen and oxygen atoms in total. The third-order valence-electron chi connectivity index (χ3n) is 6.66. The fourth-order valence-electron chi connectivity index (χ4n) is 4.74. The van der Waals surface area contributed by atoms with E-state index in [0.29, 0.717) is 0 Å². The number of hydrogen-bond donors (Lipinski definition) is 0. The van der Waals surface area contributed by atoms with Crippen LogP contribution in [0.2, 0.25) is 0 Å². The molecule has 0 aliphatic heterocycles. The predicted octanol–water partition coefficient (Wildman–Crippen LogP) is 10.5. The maximum absolute atomic E-state index is 3.55. The van der Waals surface area contributed by atoms with Crippen molar-refractivity contribution in [3.8, 4) is 0 Å². The van der Waals surface area contributed by atoms with Gasteiger partial charge in [-0.15, -0.1) is 0 Å². The van der Waals surface area contributed by atoms with Crippen LogP contribution in [0.15, 0.2) is 138 Å². The van der Waals surface area contributed by atoms with E-state index in [0.717, 1.165) is 4.47 Å². The summed E-state index contributed by atoms with van der Waals surface area (Å²) in [7, 11) is 0. The van der Waals surface area contributed by atoms with Gasteiger partial charge in [-0.25, -0.2) is 0 Å². The van der Waals surface area contributed by atoms with Crippen LogP contribution in [0, 0.1) is 0 Å². The van der Waals surface area contributed by atoms with Gasteiger partial charge in [0.2, 0.25) is 0 Å². The molecule has 0 aliphatic rings. The van der Waals surface area contributed by atoms with Gasteiger partial charge < -0.3 is 0 Å². The molecule has 37 heavy (non-hydrogen) atoms.